The molecule has 0 saturated heterocycles. The van der Waals surface area contributed by atoms with Crippen molar-refractivity contribution in [1.82, 2.24) is 0 Å². The Balaban J connectivity index is 1.62. The summed E-state index contributed by atoms with van der Waals surface area (Å²) in [5.41, 5.74) is 0.856. The van der Waals surface area contributed by atoms with Gasteiger partial charge in [0, 0.05) is 11.3 Å². The summed E-state index contributed by atoms with van der Waals surface area (Å²) in [4.78, 5) is 26.1. The normalized spacial score (nSPS) is 11.6. The van der Waals surface area contributed by atoms with E-state index in [2.05, 4.69) is 5.32 Å². The van der Waals surface area contributed by atoms with Crippen LogP contribution in [-0.4, -0.2) is 24.1 Å². The average Bonchev–Trinajstić information content (AvgIpc) is 2.82. The monoisotopic (exact) mass is 461 g/mol. The van der Waals surface area contributed by atoms with Crippen LogP contribution in [0.3, 0.4) is 0 Å². The summed E-state index contributed by atoms with van der Waals surface area (Å²) in [6.07, 6.45) is -1.26. The van der Waals surface area contributed by atoms with Crippen LogP contribution >= 0.6 is 11.6 Å². The number of carbonyl (C=O) groups excluding carboxylic acids is 2. The molecule has 33 heavy (non-hydrogen) atoms. The summed E-state index contributed by atoms with van der Waals surface area (Å²) in [7, 11) is 1.49. The molecule has 1 amide bonds. The van der Waals surface area contributed by atoms with Crippen LogP contribution in [0.25, 0.3) is 10.8 Å². The topological polar surface area (TPSA) is 84.9 Å². The number of carbonyl (C=O) groups is 2. The number of aromatic hydroxyl groups is 1. The predicted octanol–water partition coefficient (Wildman–Crippen LogP) is 5.74. The zero-order valence-electron chi connectivity index (χ0n) is 17.6. The number of fused-ring (bicyclic) bond motifs is 1. The molecule has 0 fully saturated rings. The first-order chi connectivity index (χ1) is 16.0. The molecule has 0 heterocycles. The van der Waals surface area contributed by atoms with Gasteiger partial charge in [0.05, 0.1) is 12.1 Å². The molecule has 6 nitrogen and oxygen atoms in total. The third-order valence-corrected chi connectivity index (χ3v) is 5.36. The van der Waals surface area contributed by atoms with Gasteiger partial charge in [-0.2, -0.15) is 0 Å². The highest BCUT2D eigenvalue weighted by molar-refractivity contribution is 6.32. The molecule has 166 valence electrons. The first-order valence-corrected chi connectivity index (χ1v) is 10.5. The number of ether oxygens (including phenoxy) is 2. The molecule has 0 spiro atoms. The Labute approximate surface area is 195 Å². The summed E-state index contributed by atoms with van der Waals surface area (Å²) in [6, 6.07) is 23.7. The van der Waals surface area contributed by atoms with E-state index >= 15 is 0 Å². The van der Waals surface area contributed by atoms with Crippen LogP contribution in [0.5, 0.6) is 11.5 Å². The summed E-state index contributed by atoms with van der Waals surface area (Å²) in [5.74, 6) is -1.16. The molecule has 4 aromatic rings. The van der Waals surface area contributed by atoms with Crippen molar-refractivity contribution in [3.8, 4) is 11.5 Å². The number of hydrogen-bond donors (Lipinski definition) is 2. The van der Waals surface area contributed by atoms with Gasteiger partial charge >= 0.3 is 5.97 Å². The Bertz CT molecular complexity index is 1320. The molecule has 0 aliphatic heterocycles. The van der Waals surface area contributed by atoms with Gasteiger partial charge in [0.2, 0.25) is 6.10 Å². The lowest BCUT2D eigenvalue weighted by Crippen LogP contribution is -2.26. The SMILES string of the molecule is COc1ccc(NC(=O)C(OC(=O)c2cc3ccccc3cc2O)c2ccccc2)cc1Cl. The van der Waals surface area contributed by atoms with E-state index in [1.807, 2.05) is 24.3 Å². The van der Waals surface area contributed by atoms with Gasteiger partial charge in [0.25, 0.3) is 5.91 Å². The highest BCUT2D eigenvalue weighted by Crippen LogP contribution is 2.30. The van der Waals surface area contributed by atoms with E-state index in [0.29, 0.717) is 22.0 Å². The fourth-order valence-electron chi connectivity index (χ4n) is 3.42. The quantitative estimate of drug-likeness (QED) is 0.357. The summed E-state index contributed by atoms with van der Waals surface area (Å²) in [6.45, 7) is 0. The number of phenolic OH excluding ortho intramolecular Hbond substituents is 1. The minimum Gasteiger partial charge on any atom is -0.507 e. The minimum atomic E-state index is -1.26. The first-order valence-electron chi connectivity index (χ1n) is 10.1. The molecule has 0 bridgehead atoms. The number of phenols is 1. The van der Waals surface area contributed by atoms with Crippen molar-refractivity contribution >= 4 is 39.9 Å². The highest BCUT2D eigenvalue weighted by atomic mass is 35.5. The van der Waals surface area contributed by atoms with Crippen molar-refractivity contribution in [2.24, 2.45) is 0 Å². The minimum absolute atomic E-state index is 0.0325. The molecule has 0 aromatic heterocycles. The maximum Gasteiger partial charge on any atom is 0.343 e. The maximum atomic E-state index is 13.1. The smallest absolute Gasteiger partial charge is 0.343 e. The van der Waals surface area contributed by atoms with Gasteiger partial charge in [-0.25, -0.2) is 4.79 Å². The number of esters is 1. The predicted molar refractivity (Wildman–Crippen MR) is 127 cm³/mol. The Kier molecular flexibility index (Phi) is 6.47. The van der Waals surface area contributed by atoms with Crippen molar-refractivity contribution in [1.29, 1.82) is 0 Å². The number of benzene rings is 4. The number of hydrogen-bond acceptors (Lipinski definition) is 5. The van der Waals surface area contributed by atoms with E-state index in [9.17, 15) is 14.7 Å². The number of anilines is 1. The second-order valence-electron chi connectivity index (χ2n) is 7.25. The number of rotatable bonds is 6. The van der Waals surface area contributed by atoms with E-state index in [1.165, 1.54) is 25.3 Å². The van der Waals surface area contributed by atoms with Crippen LogP contribution in [-0.2, 0) is 9.53 Å². The Morgan fingerprint density at radius 2 is 1.58 bits per heavy atom. The molecular weight excluding hydrogens is 442 g/mol. The molecule has 2 N–H and O–H groups in total. The van der Waals surface area contributed by atoms with Crippen LogP contribution in [0.15, 0.2) is 84.9 Å². The van der Waals surface area contributed by atoms with E-state index in [0.717, 1.165) is 10.8 Å². The summed E-state index contributed by atoms with van der Waals surface area (Å²) >= 11 is 6.15. The molecule has 7 heteroatoms. The van der Waals surface area contributed by atoms with E-state index in [1.54, 1.807) is 42.5 Å². The molecule has 0 aliphatic rings. The third kappa shape index (κ3) is 4.91. The Morgan fingerprint density at radius 3 is 2.24 bits per heavy atom. The second kappa shape index (κ2) is 9.63. The lowest BCUT2D eigenvalue weighted by atomic mass is 10.1. The summed E-state index contributed by atoms with van der Waals surface area (Å²) in [5, 5.41) is 15.0. The lowest BCUT2D eigenvalue weighted by Gasteiger charge is -2.19. The van der Waals surface area contributed by atoms with Gasteiger partial charge in [-0.15, -0.1) is 0 Å². The number of halogens is 1. The Morgan fingerprint density at radius 1 is 0.909 bits per heavy atom. The van der Waals surface area contributed by atoms with Crippen LogP contribution in [0.2, 0.25) is 5.02 Å². The van der Waals surface area contributed by atoms with Crippen LogP contribution in [0.1, 0.15) is 22.0 Å². The van der Waals surface area contributed by atoms with Crippen molar-refractivity contribution in [3.63, 3.8) is 0 Å². The van der Waals surface area contributed by atoms with Gasteiger partial charge in [0.15, 0.2) is 0 Å². The van der Waals surface area contributed by atoms with Gasteiger partial charge in [0.1, 0.15) is 17.1 Å². The number of methoxy groups -OCH3 is 1. The highest BCUT2D eigenvalue weighted by Gasteiger charge is 2.27. The van der Waals surface area contributed by atoms with Crippen LogP contribution < -0.4 is 10.1 Å². The number of nitrogens with one attached hydrogen (secondary N) is 1. The Hall–Kier alpha value is -4.03. The van der Waals surface area contributed by atoms with E-state index < -0.39 is 18.0 Å². The molecular formula is C26H20ClNO5. The largest absolute Gasteiger partial charge is 0.507 e. The lowest BCUT2D eigenvalue weighted by molar-refractivity contribution is -0.125. The van der Waals surface area contributed by atoms with Crippen molar-refractivity contribution < 1.29 is 24.2 Å². The van der Waals surface area contributed by atoms with Crippen molar-refractivity contribution in [2.45, 2.75) is 6.10 Å². The molecule has 4 rings (SSSR count). The van der Waals surface area contributed by atoms with Crippen LogP contribution in [0, 0.1) is 0 Å². The molecule has 4 aromatic carbocycles. The molecule has 0 radical (unpaired) electrons. The zero-order valence-corrected chi connectivity index (χ0v) is 18.4. The fourth-order valence-corrected chi connectivity index (χ4v) is 3.67. The van der Waals surface area contributed by atoms with Crippen LogP contribution in [0.4, 0.5) is 5.69 Å². The third-order valence-electron chi connectivity index (χ3n) is 5.07. The van der Waals surface area contributed by atoms with Gasteiger partial charge in [-0.3, -0.25) is 4.79 Å². The molecule has 1 atom stereocenters. The van der Waals surface area contributed by atoms with E-state index in [4.69, 9.17) is 21.1 Å². The standard InChI is InChI=1S/C26H20ClNO5/c1-32-23-12-11-19(15-21(23)27)28-25(30)24(16-7-3-2-4-8-16)33-26(31)20-13-17-9-5-6-10-18(17)14-22(20)29/h2-15,24,29H,1H3,(H,28,30). The van der Waals surface area contributed by atoms with Crippen molar-refractivity contribution in [3.05, 3.63) is 101 Å². The molecule has 0 saturated carbocycles. The summed E-state index contributed by atoms with van der Waals surface area (Å²) < 4.78 is 10.7. The average molecular weight is 462 g/mol. The fraction of sp³-hybridized carbons (Fsp3) is 0.0769. The number of amides is 1. The molecule has 1 unspecified atom stereocenters. The van der Waals surface area contributed by atoms with Crippen molar-refractivity contribution in [2.75, 3.05) is 12.4 Å². The van der Waals surface area contributed by atoms with Gasteiger partial charge < -0.3 is 19.9 Å². The maximum absolute atomic E-state index is 13.1. The first kappa shape index (κ1) is 22.2. The van der Waals surface area contributed by atoms with E-state index in [-0.39, 0.29) is 11.3 Å². The second-order valence-corrected chi connectivity index (χ2v) is 7.66. The zero-order chi connectivity index (χ0) is 23.4. The van der Waals surface area contributed by atoms with Gasteiger partial charge in [-0.05, 0) is 41.1 Å². The van der Waals surface area contributed by atoms with Gasteiger partial charge in [-0.1, -0.05) is 66.2 Å². The molecule has 0 aliphatic carbocycles.